The Hall–Kier alpha value is -1.88. The summed E-state index contributed by atoms with van der Waals surface area (Å²) in [5.41, 5.74) is 1.18. The van der Waals surface area contributed by atoms with Crippen molar-refractivity contribution in [3.8, 4) is 0 Å². The van der Waals surface area contributed by atoms with Crippen LogP contribution in [0.25, 0.3) is 0 Å². The molecule has 1 fully saturated rings. The first-order chi connectivity index (χ1) is 12.0. The van der Waals surface area contributed by atoms with Gasteiger partial charge in [-0.25, -0.2) is 0 Å². The zero-order valence-corrected chi connectivity index (χ0v) is 15.6. The van der Waals surface area contributed by atoms with Crippen LogP contribution in [0.3, 0.4) is 0 Å². The highest BCUT2D eigenvalue weighted by molar-refractivity contribution is 5.97. The average Bonchev–Trinajstić information content (AvgIpc) is 2.64. The van der Waals surface area contributed by atoms with Crippen molar-refractivity contribution in [2.75, 3.05) is 26.7 Å². The molecule has 0 spiro atoms. The Morgan fingerprint density at radius 2 is 1.52 bits per heavy atom. The van der Waals surface area contributed by atoms with Crippen molar-refractivity contribution in [3.05, 3.63) is 35.4 Å². The summed E-state index contributed by atoms with van der Waals surface area (Å²) in [5.74, 6) is 0.0773. The second-order valence-corrected chi connectivity index (χ2v) is 6.85. The van der Waals surface area contributed by atoms with Crippen molar-refractivity contribution in [2.45, 2.75) is 45.6 Å². The van der Waals surface area contributed by atoms with Crippen LogP contribution in [-0.2, 0) is 0 Å². The van der Waals surface area contributed by atoms with E-state index in [-0.39, 0.29) is 23.8 Å². The van der Waals surface area contributed by atoms with Crippen LogP contribution in [0.15, 0.2) is 24.3 Å². The zero-order valence-electron chi connectivity index (χ0n) is 15.6. The lowest BCUT2D eigenvalue weighted by atomic mass is 9.86. The van der Waals surface area contributed by atoms with E-state index in [1.165, 1.54) is 0 Å². The molecule has 138 valence electrons. The van der Waals surface area contributed by atoms with Gasteiger partial charge >= 0.3 is 0 Å². The first-order valence-electron chi connectivity index (χ1n) is 9.30. The number of carbonyl (C=O) groups excluding carboxylic acids is 2. The minimum atomic E-state index is -0.307. The number of nitrogens with zero attached hydrogens (tertiary/aromatic N) is 2. The molecule has 0 aromatic heterocycles. The molecule has 25 heavy (non-hydrogen) atoms. The molecule has 1 saturated carbocycles. The molecule has 2 amide bonds. The number of hydrogen-bond acceptors (Lipinski definition) is 3. The van der Waals surface area contributed by atoms with Gasteiger partial charge in [0.15, 0.2) is 0 Å². The van der Waals surface area contributed by atoms with E-state index in [9.17, 15) is 14.7 Å². The van der Waals surface area contributed by atoms with E-state index >= 15 is 0 Å². The summed E-state index contributed by atoms with van der Waals surface area (Å²) in [6, 6.07) is 6.87. The third kappa shape index (κ3) is 4.82. The average molecular weight is 346 g/mol. The minimum Gasteiger partial charge on any atom is -0.393 e. The summed E-state index contributed by atoms with van der Waals surface area (Å²) in [6.45, 7) is 5.81. The molecule has 1 N–H and O–H groups in total. The fourth-order valence-corrected chi connectivity index (χ4v) is 3.50. The van der Waals surface area contributed by atoms with Crippen molar-refractivity contribution in [3.63, 3.8) is 0 Å². The molecule has 2 atom stereocenters. The summed E-state index contributed by atoms with van der Waals surface area (Å²) < 4.78 is 0. The fraction of sp³-hybridized carbons (Fsp3) is 0.600. The molecule has 0 radical (unpaired) electrons. The van der Waals surface area contributed by atoms with Crippen LogP contribution < -0.4 is 0 Å². The lowest BCUT2D eigenvalue weighted by Gasteiger charge is -2.31. The molecule has 0 saturated heterocycles. The van der Waals surface area contributed by atoms with Gasteiger partial charge in [0.1, 0.15) is 0 Å². The van der Waals surface area contributed by atoms with Gasteiger partial charge < -0.3 is 14.9 Å². The first kappa shape index (κ1) is 19.4. The second-order valence-electron chi connectivity index (χ2n) is 6.85. The number of aliphatic hydroxyl groups excluding tert-OH is 1. The van der Waals surface area contributed by atoms with Crippen LogP contribution in [0.1, 0.15) is 60.2 Å². The topological polar surface area (TPSA) is 60.9 Å². The van der Waals surface area contributed by atoms with Crippen molar-refractivity contribution in [2.24, 2.45) is 5.92 Å². The minimum absolute atomic E-state index is 0.0114. The third-order valence-electron chi connectivity index (χ3n) is 5.15. The third-order valence-corrected chi connectivity index (χ3v) is 5.15. The summed E-state index contributed by atoms with van der Waals surface area (Å²) in [4.78, 5) is 28.4. The summed E-state index contributed by atoms with van der Waals surface area (Å²) in [5, 5.41) is 10.1. The van der Waals surface area contributed by atoms with E-state index in [4.69, 9.17) is 0 Å². The SMILES string of the molecule is CCN(CC)C(=O)c1ccc(C(=O)N(C)CC2CCCCC2O)cc1. The Morgan fingerprint density at radius 3 is 2.04 bits per heavy atom. The van der Waals surface area contributed by atoms with Gasteiger partial charge in [-0.3, -0.25) is 9.59 Å². The number of amides is 2. The summed E-state index contributed by atoms with van der Waals surface area (Å²) in [6.07, 6.45) is 3.67. The molecule has 1 aliphatic rings. The highest BCUT2D eigenvalue weighted by Crippen LogP contribution is 2.25. The lowest BCUT2D eigenvalue weighted by Crippen LogP contribution is -2.38. The van der Waals surface area contributed by atoms with Gasteiger partial charge in [0, 0.05) is 43.7 Å². The van der Waals surface area contributed by atoms with Crippen LogP contribution >= 0.6 is 0 Å². The predicted molar refractivity (Wildman–Crippen MR) is 98.6 cm³/mol. The maximum Gasteiger partial charge on any atom is 0.253 e. The number of rotatable bonds is 6. The summed E-state index contributed by atoms with van der Waals surface area (Å²) in [7, 11) is 1.78. The Labute approximate surface area is 150 Å². The molecule has 5 nitrogen and oxygen atoms in total. The van der Waals surface area contributed by atoms with E-state index in [1.807, 2.05) is 13.8 Å². The first-order valence-corrected chi connectivity index (χ1v) is 9.30. The Balaban J connectivity index is 2.00. The van der Waals surface area contributed by atoms with Gasteiger partial charge in [0.05, 0.1) is 6.10 Å². The van der Waals surface area contributed by atoms with Crippen molar-refractivity contribution >= 4 is 11.8 Å². The van der Waals surface area contributed by atoms with Gasteiger partial charge in [-0.1, -0.05) is 12.8 Å². The maximum absolute atomic E-state index is 12.6. The highest BCUT2D eigenvalue weighted by Gasteiger charge is 2.26. The van der Waals surface area contributed by atoms with Gasteiger partial charge in [-0.15, -0.1) is 0 Å². The zero-order chi connectivity index (χ0) is 18.4. The summed E-state index contributed by atoms with van der Waals surface area (Å²) >= 11 is 0. The van der Waals surface area contributed by atoms with Crippen molar-refractivity contribution in [1.29, 1.82) is 0 Å². The van der Waals surface area contributed by atoms with E-state index in [0.717, 1.165) is 25.7 Å². The normalized spacial score (nSPS) is 20.2. The van der Waals surface area contributed by atoms with Gasteiger partial charge in [0.2, 0.25) is 0 Å². The number of aliphatic hydroxyl groups is 1. The van der Waals surface area contributed by atoms with Crippen LogP contribution in [-0.4, -0.2) is 59.5 Å². The molecule has 0 aliphatic heterocycles. The Kier molecular flexibility index (Phi) is 7.00. The smallest absolute Gasteiger partial charge is 0.253 e. The number of benzene rings is 1. The van der Waals surface area contributed by atoms with E-state index in [1.54, 1.807) is 41.1 Å². The molecule has 2 rings (SSSR count). The van der Waals surface area contributed by atoms with Crippen LogP contribution in [0.2, 0.25) is 0 Å². The van der Waals surface area contributed by atoms with Crippen LogP contribution in [0.5, 0.6) is 0 Å². The molecule has 5 heteroatoms. The maximum atomic E-state index is 12.6. The molecule has 0 bridgehead atoms. The van der Waals surface area contributed by atoms with Gasteiger partial charge in [0.25, 0.3) is 11.8 Å². The highest BCUT2D eigenvalue weighted by atomic mass is 16.3. The Morgan fingerprint density at radius 1 is 1.00 bits per heavy atom. The standard InChI is InChI=1S/C20H30N2O3/c1-4-22(5-2)20(25)16-12-10-15(11-13-16)19(24)21(3)14-17-8-6-7-9-18(17)23/h10-13,17-18,23H,4-9,14H2,1-3H3. The quantitative estimate of drug-likeness (QED) is 0.861. The van der Waals surface area contributed by atoms with Gasteiger partial charge in [-0.2, -0.15) is 0 Å². The number of carbonyl (C=O) groups is 2. The van der Waals surface area contributed by atoms with E-state index < -0.39 is 0 Å². The molecule has 1 aliphatic carbocycles. The van der Waals surface area contributed by atoms with E-state index in [0.29, 0.717) is 30.8 Å². The number of hydrogen-bond donors (Lipinski definition) is 1. The second kappa shape index (κ2) is 8.99. The van der Waals surface area contributed by atoms with Crippen LogP contribution in [0.4, 0.5) is 0 Å². The Bertz CT molecular complexity index is 581. The van der Waals surface area contributed by atoms with Gasteiger partial charge in [-0.05, 0) is 51.0 Å². The van der Waals surface area contributed by atoms with Crippen LogP contribution in [0, 0.1) is 5.92 Å². The molecule has 1 aromatic rings. The largest absolute Gasteiger partial charge is 0.393 e. The molecular formula is C20H30N2O3. The molecule has 0 heterocycles. The monoisotopic (exact) mass is 346 g/mol. The lowest BCUT2D eigenvalue weighted by molar-refractivity contribution is 0.0451. The molecule has 1 aromatic carbocycles. The fourth-order valence-electron chi connectivity index (χ4n) is 3.50. The molecular weight excluding hydrogens is 316 g/mol. The van der Waals surface area contributed by atoms with Crippen molar-refractivity contribution < 1.29 is 14.7 Å². The van der Waals surface area contributed by atoms with E-state index in [2.05, 4.69) is 0 Å². The predicted octanol–water partition coefficient (Wildman–Crippen LogP) is 2.79. The van der Waals surface area contributed by atoms with Crippen molar-refractivity contribution in [1.82, 2.24) is 9.80 Å². The molecule has 2 unspecified atom stereocenters.